The molecule has 1 saturated heterocycles. The maximum atomic E-state index is 14.5. The highest BCUT2D eigenvalue weighted by Gasteiger charge is 2.28. The van der Waals surface area contributed by atoms with E-state index in [0.717, 1.165) is 38.4 Å². The lowest BCUT2D eigenvalue weighted by Gasteiger charge is -2.28. The maximum absolute atomic E-state index is 14.5. The zero-order chi connectivity index (χ0) is 16.9. The first-order chi connectivity index (χ1) is 11.7. The van der Waals surface area contributed by atoms with Gasteiger partial charge in [0.15, 0.2) is 5.96 Å². The molecule has 0 radical (unpaired) electrons. The van der Waals surface area contributed by atoms with Crippen LogP contribution in [0.2, 0.25) is 5.02 Å². The lowest BCUT2D eigenvalue weighted by Crippen LogP contribution is -2.39. The van der Waals surface area contributed by atoms with Gasteiger partial charge < -0.3 is 10.6 Å². The second-order valence-electron chi connectivity index (χ2n) is 6.53. The molecule has 6 heteroatoms. The third-order valence-corrected chi connectivity index (χ3v) is 4.93. The van der Waals surface area contributed by atoms with Crippen LogP contribution >= 0.6 is 11.6 Å². The molecule has 1 aliphatic carbocycles. The highest BCUT2D eigenvalue weighted by molar-refractivity contribution is 6.31. The minimum absolute atomic E-state index is 0.115. The molecule has 0 amide bonds. The van der Waals surface area contributed by atoms with Gasteiger partial charge in [0.2, 0.25) is 0 Å². The lowest BCUT2D eigenvalue weighted by atomic mass is 10.0. The summed E-state index contributed by atoms with van der Waals surface area (Å²) in [6.45, 7) is 5.31. The molecule has 2 N–H and O–H groups in total. The van der Waals surface area contributed by atoms with Crippen LogP contribution in [-0.4, -0.2) is 43.1 Å². The van der Waals surface area contributed by atoms with Crippen molar-refractivity contribution in [1.29, 1.82) is 0 Å². The average molecular weight is 353 g/mol. The minimum atomic E-state index is -0.241. The number of nitrogens with one attached hydrogen (secondary N) is 2. The standard InChI is InChI=1S/C18H26ClFN4/c1-2-21-18(23-13-8-9-13)22-12-16(24-10-3-4-11-24)17-14(19)6-5-7-15(17)20/h5-7,13,16H,2-4,8-12H2,1H3,(H2,21,22,23). The Balaban J connectivity index is 1.81. The number of aliphatic imine (C=N–C) groups is 1. The Morgan fingerprint density at radius 1 is 1.38 bits per heavy atom. The highest BCUT2D eigenvalue weighted by Crippen LogP contribution is 2.32. The predicted octanol–water partition coefficient (Wildman–Crippen LogP) is 3.33. The molecule has 1 heterocycles. The summed E-state index contributed by atoms with van der Waals surface area (Å²) >= 11 is 6.33. The van der Waals surface area contributed by atoms with E-state index >= 15 is 0 Å². The van der Waals surface area contributed by atoms with Gasteiger partial charge >= 0.3 is 0 Å². The van der Waals surface area contributed by atoms with Gasteiger partial charge in [-0.15, -0.1) is 0 Å². The molecule has 132 valence electrons. The summed E-state index contributed by atoms with van der Waals surface area (Å²) in [5, 5.41) is 7.17. The van der Waals surface area contributed by atoms with E-state index < -0.39 is 0 Å². The van der Waals surface area contributed by atoms with Crippen LogP contribution in [0.25, 0.3) is 0 Å². The zero-order valence-corrected chi connectivity index (χ0v) is 14.9. The molecule has 2 aliphatic rings. The van der Waals surface area contributed by atoms with Gasteiger partial charge in [-0.2, -0.15) is 0 Å². The van der Waals surface area contributed by atoms with Gasteiger partial charge in [-0.1, -0.05) is 17.7 Å². The van der Waals surface area contributed by atoms with Gasteiger partial charge in [0, 0.05) is 23.2 Å². The molecule has 1 unspecified atom stereocenters. The summed E-state index contributed by atoms with van der Waals surface area (Å²) in [5.41, 5.74) is 0.576. The number of hydrogen-bond donors (Lipinski definition) is 2. The van der Waals surface area contributed by atoms with E-state index in [4.69, 9.17) is 16.6 Å². The van der Waals surface area contributed by atoms with E-state index in [-0.39, 0.29) is 11.9 Å². The summed E-state index contributed by atoms with van der Waals surface area (Å²) < 4.78 is 14.5. The molecule has 0 spiro atoms. The Bertz CT molecular complexity index is 562. The van der Waals surface area contributed by atoms with E-state index in [2.05, 4.69) is 22.5 Å². The van der Waals surface area contributed by atoms with Gasteiger partial charge in [-0.25, -0.2) is 4.39 Å². The Kier molecular flexibility index (Phi) is 5.95. The van der Waals surface area contributed by atoms with E-state index in [1.54, 1.807) is 12.1 Å². The average Bonchev–Trinajstić information content (AvgIpc) is 3.20. The van der Waals surface area contributed by atoms with Crippen LogP contribution < -0.4 is 10.6 Å². The van der Waals surface area contributed by atoms with E-state index in [0.29, 0.717) is 23.2 Å². The topological polar surface area (TPSA) is 39.7 Å². The summed E-state index contributed by atoms with van der Waals surface area (Å²) in [6, 6.07) is 5.33. The van der Waals surface area contributed by atoms with Crippen molar-refractivity contribution in [3.63, 3.8) is 0 Å². The Hall–Kier alpha value is -1.33. The normalized spacial score (nSPS) is 20.2. The van der Waals surface area contributed by atoms with E-state index in [1.165, 1.54) is 18.9 Å². The van der Waals surface area contributed by atoms with Crippen molar-refractivity contribution in [2.45, 2.75) is 44.7 Å². The monoisotopic (exact) mass is 352 g/mol. The molecule has 1 aliphatic heterocycles. The number of likely N-dealkylation sites (tertiary alicyclic amines) is 1. The molecular weight excluding hydrogens is 327 g/mol. The quantitative estimate of drug-likeness (QED) is 0.609. The van der Waals surface area contributed by atoms with Crippen molar-refractivity contribution in [3.8, 4) is 0 Å². The van der Waals surface area contributed by atoms with Crippen molar-refractivity contribution in [2.75, 3.05) is 26.2 Å². The highest BCUT2D eigenvalue weighted by atomic mass is 35.5. The van der Waals surface area contributed by atoms with Crippen molar-refractivity contribution < 1.29 is 4.39 Å². The largest absolute Gasteiger partial charge is 0.357 e. The molecule has 2 fully saturated rings. The van der Waals surface area contributed by atoms with Crippen molar-refractivity contribution in [3.05, 3.63) is 34.6 Å². The van der Waals surface area contributed by atoms with Crippen molar-refractivity contribution in [2.24, 2.45) is 4.99 Å². The number of halogens is 2. The van der Waals surface area contributed by atoms with Crippen LogP contribution in [0.4, 0.5) is 4.39 Å². The molecule has 1 aromatic carbocycles. The van der Waals surface area contributed by atoms with Crippen molar-refractivity contribution >= 4 is 17.6 Å². The van der Waals surface area contributed by atoms with E-state index in [9.17, 15) is 4.39 Å². The molecule has 3 rings (SSSR count). The fraction of sp³-hybridized carbons (Fsp3) is 0.611. The van der Waals surface area contributed by atoms with Crippen LogP contribution in [0.3, 0.4) is 0 Å². The van der Waals surface area contributed by atoms with Crippen molar-refractivity contribution in [1.82, 2.24) is 15.5 Å². The smallest absolute Gasteiger partial charge is 0.191 e. The van der Waals surface area contributed by atoms with Gasteiger partial charge in [0.25, 0.3) is 0 Å². The number of hydrogen-bond acceptors (Lipinski definition) is 2. The van der Waals surface area contributed by atoms with Crippen LogP contribution in [0.1, 0.15) is 44.2 Å². The minimum Gasteiger partial charge on any atom is -0.357 e. The zero-order valence-electron chi connectivity index (χ0n) is 14.2. The molecule has 0 aromatic heterocycles. The third kappa shape index (κ3) is 4.39. The first-order valence-corrected chi connectivity index (χ1v) is 9.29. The van der Waals surface area contributed by atoms with Gasteiger partial charge in [-0.3, -0.25) is 9.89 Å². The van der Waals surface area contributed by atoms with Crippen LogP contribution in [0, 0.1) is 5.82 Å². The number of guanidine groups is 1. The van der Waals surface area contributed by atoms with E-state index in [1.807, 2.05) is 0 Å². The molecule has 0 bridgehead atoms. The number of nitrogens with zero attached hydrogens (tertiary/aromatic N) is 2. The lowest BCUT2D eigenvalue weighted by molar-refractivity contribution is 0.246. The van der Waals surface area contributed by atoms with Crippen LogP contribution in [-0.2, 0) is 0 Å². The second kappa shape index (κ2) is 8.17. The first kappa shape index (κ1) is 17.5. The van der Waals surface area contributed by atoms with Crippen LogP contribution in [0.5, 0.6) is 0 Å². The molecule has 4 nitrogen and oxygen atoms in total. The molecule has 1 aromatic rings. The second-order valence-corrected chi connectivity index (χ2v) is 6.94. The third-order valence-electron chi connectivity index (χ3n) is 4.60. The summed E-state index contributed by atoms with van der Waals surface area (Å²) in [5.74, 6) is 0.575. The molecule has 1 atom stereocenters. The fourth-order valence-corrected chi connectivity index (χ4v) is 3.48. The Morgan fingerprint density at radius 3 is 2.75 bits per heavy atom. The first-order valence-electron chi connectivity index (χ1n) is 8.92. The number of benzene rings is 1. The van der Waals surface area contributed by atoms with Gasteiger partial charge in [0.1, 0.15) is 5.82 Å². The Morgan fingerprint density at radius 2 is 2.12 bits per heavy atom. The van der Waals surface area contributed by atoms with Gasteiger partial charge in [-0.05, 0) is 57.8 Å². The number of rotatable bonds is 6. The SMILES string of the molecule is CCNC(=NCC(c1c(F)cccc1Cl)N1CCCC1)NC1CC1. The van der Waals surface area contributed by atoms with Gasteiger partial charge in [0.05, 0.1) is 12.6 Å². The van der Waals surface area contributed by atoms with Crippen LogP contribution in [0.15, 0.2) is 23.2 Å². The summed E-state index contributed by atoms with van der Waals surface area (Å²) in [7, 11) is 0. The summed E-state index contributed by atoms with van der Waals surface area (Å²) in [4.78, 5) is 7.02. The predicted molar refractivity (Wildman–Crippen MR) is 97.1 cm³/mol. The summed E-state index contributed by atoms with van der Waals surface area (Å²) in [6.07, 6.45) is 4.68. The fourth-order valence-electron chi connectivity index (χ4n) is 3.19. The Labute approximate surface area is 148 Å². The molecular formula is C18H26ClFN4. The molecule has 24 heavy (non-hydrogen) atoms. The maximum Gasteiger partial charge on any atom is 0.191 e. The molecule has 1 saturated carbocycles.